The fourth-order valence-electron chi connectivity index (χ4n) is 3.30. The van der Waals surface area contributed by atoms with Crippen LogP contribution in [-0.4, -0.2) is 23.2 Å². The van der Waals surface area contributed by atoms with Crippen molar-refractivity contribution in [3.05, 3.63) is 70.9 Å². The van der Waals surface area contributed by atoms with Gasteiger partial charge in [0.1, 0.15) is 29.7 Å². The molecule has 4 aromatic rings. The van der Waals surface area contributed by atoms with Crippen LogP contribution in [0.15, 0.2) is 54.6 Å². The summed E-state index contributed by atoms with van der Waals surface area (Å²) in [7, 11) is 0. The molecule has 0 bridgehead atoms. The third-order valence-corrected chi connectivity index (χ3v) is 5.52. The number of hydrogen-bond donors (Lipinski definition) is 1. The van der Waals surface area contributed by atoms with Gasteiger partial charge in [-0.1, -0.05) is 30.3 Å². The van der Waals surface area contributed by atoms with Crippen LogP contribution in [-0.2, 0) is 6.42 Å². The minimum absolute atomic E-state index is 0.569. The third-order valence-electron chi connectivity index (χ3n) is 4.57. The highest BCUT2D eigenvalue weighted by Crippen LogP contribution is 2.35. The molecule has 0 unspecified atom stereocenters. The van der Waals surface area contributed by atoms with Crippen LogP contribution < -0.4 is 14.8 Å². The topological polar surface area (TPSA) is 56.3 Å². The van der Waals surface area contributed by atoms with E-state index in [4.69, 9.17) is 19.4 Å². The summed E-state index contributed by atoms with van der Waals surface area (Å²) in [5.74, 6) is 3.16. The number of rotatable bonds is 4. The number of fused-ring (bicyclic) bond motifs is 2. The first kappa shape index (κ1) is 17.0. The van der Waals surface area contributed by atoms with E-state index >= 15 is 0 Å². The molecule has 0 aliphatic carbocycles. The van der Waals surface area contributed by atoms with E-state index in [9.17, 15) is 0 Å². The molecule has 2 aromatic heterocycles. The average molecular weight is 389 g/mol. The molecule has 0 atom stereocenters. The smallest absolute Gasteiger partial charge is 0.163 e. The lowest BCUT2D eigenvalue weighted by atomic mass is 10.1. The van der Waals surface area contributed by atoms with Gasteiger partial charge in [-0.2, -0.15) is 0 Å². The number of thiophene rings is 1. The first-order chi connectivity index (χ1) is 13.7. The van der Waals surface area contributed by atoms with E-state index in [0.717, 1.165) is 39.0 Å². The lowest BCUT2D eigenvalue weighted by Crippen LogP contribution is -2.15. The van der Waals surface area contributed by atoms with E-state index < -0.39 is 0 Å². The van der Waals surface area contributed by atoms with Crippen molar-refractivity contribution >= 4 is 33.1 Å². The maximum Gasteiger partial charge on any atom is 0.163 e. The van der Waals surface area contributed by atoms with Gasteiger partial charge in [0.2, 0.25) is 0 Å². The lowest BCUT2D eigenvalue weighted by Gasteiger charge is -2.19. The normalized spacial score (nSPS) is 12.9. The van der Waals surface area contributed by atoms with Crippen LogP contribution in [0.4, 0.5) is 11.5 Å². The van der Waals surface area contributed by atoms with E-state index in [2.05, 4.69) is 30.4 Å². The van der Waals surface area contributed by atoms with Crippen LogP contribution in [0.1, 0.15) is 16.3 Å². The van der Waals surface area contributed by atoms with Crippen molar-refractivity contribution in [1.29, 1.82) is 0 Å². The fraction of sp³-hybridized carbons (Fsp3) is 0.182. The quantitative estimate of drug-likeness (QED) is 0.526. The summed E-state index contributed by atoms with van der Waals surface area (Å²) < 4.78 is 11.3. The van der Waals surface area contributed by atoms with Crippen molar-refractivity contribution in [3.63, 3.8) is 0 Å². The van der Waals surface area contributed by atoms with Gasteiger partial charge < -0.3 is 14.8 Å². The zero-order valence-electron chi connectivity index (χ0n) is 15.4. The first-order valence-corrected chi connectivity index (χ1v) is 10.0. The second-order valence-corrected chi connectivity index (χ2v) is 7.94. The van der Waals surface area contributed by atoms with Crippen molar-refractivity contribution in [3.8, 4) is 11.5 Å². The molecule has 5 rings (SSSR count). The van der Waals surface area contributed by atoms with Gasteiger partial charge >= 0.3 is 0 Å². The summed E-state index contributed by atoms with van der Waals surface area (Å²) in [5, 5.41) is 4.49. The second kappa shape index (κ2) is 7.13. The summed E-state index contributed by atoms with van der Waals surface area (Å²) >= 11 is 1.69. The Morgan fingerprint density at radius 3 is 2.64 bits per heavy atom. The third kappa shape index (κ3) is 3.39. The number of aryl methyl sites for hydroxylation is 1. The maximum atomic E-state index is 5.70. The first-order valence-electron chi connectivity index (χ1n) is 9.22. The van der Waals surface area contributed by atoms with Crippen LogP contribution in [0.2, 0.25) is 0 Å². The number of aromatic nitrogens is 2. The molecule has 0 saturated carbocycles. The van der Waals surface area contributed by atoms with Gasteiger partial charge in [0.05, 0.1) is 5.39 Å². The summed E-state index contributed by atoms with van der Waals surface area (Å²) in [5.41, 5.74) is 2.11. The van der Waals surface area contributed by atoms with Crippen LogP contribution in [0.3, 0.4) is 0 Å². The Bertz CT molecular complexity index is 1140. The van der Waals surface area contributed by atoms with E-state index in [1.54, 1.807) is 11.3 Å². The molecule has 1 aliphatic heterocycles. The lowest BCUT2D eigenvalue weighted by molar-refractivity contribution is 0.171. The molecule has 0 fully saturated rings. The molecule has 0 amide bonds. The van der Waals surface area contributed by atoms with Crippen LogP contribution in [0.5, 0.6) is 11.5 Å². The predicted octanol–water partition coefficient (Wildman–Crippen LogP) is 5.11. The Balaban J connectivity index is 1.52. The molecule has 0 spiro atoms. The minimum Gasteiger partial charge on any atom is -0.486 e. The molecule has 6 heteroatoms. The van der Waals surface area contributed by atoms with Gasteiger partial charge in [-0.25, -0.2) is 9.97 Å². The molecule has 3 heterocycles. The number of hydrogen-bond acceptors (Lipinski definition) is 6. The number of nitrogens with one attached hydrogen (secondary N) is 1. The SMILES string of the molecule is Cc1cc2c(Nc3ccc4c(c3)OCCO4)nc(Cc3ccccc3)nc2s1. The molecule has 0 radical (unpaired) electrons. The van der Waals surface area contributed by atoms with Crippen molar-refractivity contribution in [1.82, 2.24) is 9.97 Å². The summed E-state index contributed by atoms with van der Waals surface area (Å²) in [4.78, 5) is 11.8. The second-order valence-electron chi connectivity index (χ2n) is 6.71. The molecule has 1 aliphatic rings. The molecule has 28 heavy (non-hydrogen) atoms. The number of ether oxygens (including phenoxy) is 2. The highest BCUT2D eigenvalue weighted by molar-refractivity contribution is 7.18. The van der Waals surface area contributed by atoms with E-state index in [-0.39, 0.29) is 0 Å². The van der Waals surface area contributed by atoms with Gasteiger partial charge in [0.25, 0.3) is 0 Å². The van der Waals surface area contributed by atoms with Gasteiger partial charge in [-0.15, -0.1) is 11.3 Å². The Labute approximate surface area is 167 Å². The number of nitrogens with zero attached hydrogens (tertiary/aromatic N) is 2. The zero-order chi connectivity index (χ0) is 18.9. The Kier molecular flexibility index (Phi) is 4.33. The summed E-state index contributed by atoms with van der Waals surface area (Å²) in [6.45, 7) is 3.25. The zero-order valence-corrected chi connectivity index (χ0v) is 16.3. The predicted molar refractivity (Wildman–Crippen MR) is 112 cm³/mol. The molecule has 2 aromatic carbocycles. The van der Waals surface area contributed by atoms with Crippen LogP contribution in [0.25, 0.3) is 10.2 Å². The standard InChI is InChI=1S/C22H19N3O2S/c1-14-11-17-21(23-16-7-8-18-19(13-16)27-10-9-26-18)24-20(25-22(17)28-14)12-15-5-3-2-4-6-15/h2-8,11,13H,9-10,12H2,1H3,(H,23,24,25). The minimum atomic E-state index is 0.569. The van der Waals surface area contributed by atoms with Crippen molar-refractivity contribution < 1.29 is 9.47 Å². The van der Waals surface area contributed by atoms with E-state index in [0.29, 0.717) is 19.6 Å². The Morgan fingerprint density at radius 2 is 1.79 bits per heavy atom. The van der Waals surface area contributed by atoms with Crippen molar-refractivity contribution in [2.75, 3.05) is 18.5 Å². The van der Waals surface area contributed by atoms with Crippen LogP contribution >= 0.6 is 11.3 Å². The van der Waals surface area contributed by atoms with Gasteiger partial charge in [-0.05, 0) is 30.7 Å². The summed E-state index contributed by atoms with van der Waals surface area (Å²) in [6, 6.07) is 18.3. The maximum absolute atomic E-state index is 5.70. The largest absolute Gasteiger partial charge is 0.486 e. The average Bonchev–Trinajstić information content (AvgIpc) is 3.09. The van der Waals surface area contributed by atoms with Gasteiger partial charge in [0, 0.05) is 23.1 Å². The Morgan fingerprint density at radius 1 is 0.964 bits per heavy atom. The summed E-state index contributed by atoms with van der Waals surface area (Å²) in [6.07, 6.45) is 0.698. The molecular formula is C22H19N3O2S. The Hall–Kier alpha value is -3.12. The molecule has 140 valence electrons. The molecule has 0 saturated heterocycles. The van der Waals surface area contributed by atoms with Crippen molar-refractivity contribution in [2.24, 2.45) is 0 Å². The number of benzene rings is 2. The van der Waals surface area contributed by atoms with E-state index in [1.807, 2.05) is 36.4 Å². The molecule has 5 nitrogen and oxygen atoms in total. The fourth-order valence-corrected chi connectivity index (χ4v) is 4.20. The monoisotopic (exact) mass is 389 g/mol. The molecular weight excluding hydrogens is 370 g/mol. The van der Waals surface area contributed by atoms with Gasteiger partial charge in [-0.3, -0.25) is 0 Å². The van der Waals surface area contributed by atoms with E-state index in [1.165, 1.54) is 10.4 Å². The van der Waals surface area contributed by atoms with Crippen molar-refractivity contribution in [2.45, 2.75) is 13.3 Å². The number of anilines is 2. The highest BCUT2D eigenvalue weighted by atomic mass is 32.1. The molecule has 1 N–H and O–H groups in total. The highest BCUT2D eigenvalue weighted by Gasteiger charge is 2.15. The van der Waals surface area contributed by atoms with Crippen LogP contribution in [0, 0.1) is 6.92 Å². The van der Waals surface area contributed by atoms with Gasteiger partial charge in [0.15, 0.2) is 11.5 Å².